The average molecular weight is 140 g/mol. The molecule has 0 spiro atoms. The normalized spacial score (nSPS) is 9.75. The lowest BCUT2D eigenvalue weighted by atomic mass is 10.9. The van der Waals surface area contributed by atoms with Crippen molar-refractivity contribution >= 4 is 23.1 Å². The Hall–Kier alpha value is -0.640. The van der Waals surface area contributed by atoms with E-state index >= 15 is 0 Å². The minimum atomic E-state index is -1.05. The molecule has 0 N–H and O–H groups in total. The number of hydrogen-bond donors (Lipinski definition) is 0. The van der Waals surface area contributed by atoms with Crippen LogP contribution in [-0.2, 0) is 9.63 Å². The first kappa shape index (κ1) is 7.36. The van der Waals surface area contributed by atoms with Gasteiger partial charge >= 0.3 is 0 Å². The highest BCUT2D eigenvalue weighted by Gasteiger charge is 1.83. The van der Waals surface area contributed by atoms with Crippen molar-refractivity contribution in [1.29, 1.82) is 0 Å². The first-order chi connectivity index (χ1) is 3.77. The predicted octanol–water partition coefficient (Wildman–Crippen LogP) is 0.681. The molecule has 0 aliphatic heterocycles. The topological polar surface area (TPSA) is 38.7 Å². The smallest absolute Gasteiger partial charge is 0.266 e. The molecular weight excluding hydrogens is 136 g/mol. The van der Waals surface area contributed by atoms with E-state index in [1.54, 1.807) is 0 Å². The summed E-state index contributed by atoms with van der Waals surface area (Å²) in [6, 6.07) is 0. The number of hydrogen-bond acceptors (Lipinski definition) is 3. The summed E-state index contributed by atoms with van der Waals surface area (Å²) in [4.78, 5) is 13.5. The molecule has 0 rings (SSSR count). The highest BCUT2D eigenvalue weighted by atomic mass is 35.5. The summed E-state index contributed by atoms with van der Waals surface area (Å²) >= 11 is 4.72. The lowest BCUT2D eigenvalue weighted by molar-refractivity contribution is -0.106. The van der Waals surface area contributed by atoms with Crippen LogP contribution in [0, 0.1) is 0 Å². The van der Waals surface area contributed by atoms with Crippen LogP contribution in [0.4, 0.5) is 4.39 Å². The SMILES string of the molecule is O=C(Cl)/C=N/OCF. The zero-order valence-electron chi connectivity index (χ0n) is 3.80. The quantitative estimate of drug-likeness (QED) is 0.328. The van der Waals surface area contributed by atoms with E-state index in [4.69, 9.17) is 11.6 Å². The highest BCUT2D eigenvalue weighted by Crippen LogP contribution is 1.77. The lowest BCUT2D eigenvalue weighted by Gasteiger charge is -1.82. The molecule has 46 valence electrons. The van der Waals surface area contributed by atoms with Gasteiger partial charge in [0.05, 0.1) is 0 Å². The number of nitrogens with zero attached hydrogens (tertiary/aromatic N) is 1. The molecule has 0 radical (unpaired) electrons. The third-order valence-corrected chi connectivity index (χ3v) is 0.375. The number of alkyl halides is 1. The molecule has 0 aromatic rings. The molecule has 0 aliphatic rings. The number of carbonyl (C=O) groups excluding carboxylic acids is 1. The molecule has 0 amide bonds. The Morgan fingerprint density at radius 2 is 2.62 bits per heavy atom. The van der Waals surface area contributed by atoms with Gasteiger partial charge in [-0.3, -0.25) is 4.79 Å². The second kappa shape index (κ2) is 4.52. The maximum Gasteiger partial charge on any atom is 0.266 e. The molecule has 0 atom stereocenters. The van der Waals surface area contributed by atoms with Crippen LogP contribution in [0.2, 0.25) is 0 Å². The molecular formula is C3H3ClFNO2. The number of halogens is 2. The average Bonchev–Trinajstić information content (AvgIpc) is 1.66. The summed E-state index contributed by atoms with van der Waals surface area (Å²) in [6.07, 6.45) is 0.668. The second-order valence-electron chi connectivity index (χ2n) is 0.777. The molecule has 0 heterocycles. The minimum Gasteiger partial charge on any atom is -0.362 e. The molecule has 0 aromatic carbocycles. The fourth-order valence-electron chi connectivity index (χ4n) is 0.107. The molecule has 0 unspecified atom stereocenters. The predicted molar refractivity (Wildman–Crippen MR) is 26.4 cm³/mol. The number of rotatable bonds is 3. The van der Waals surface area contributed by atoms with Crippen molar-refractivity contribution in [3.05, 3.63) is 0 Å². The highest BCUT2D eigenvalue weighted by molar-refractivity contribution is 6.77. The van der Waals surface area contributed by atoms with Gasteiger partial charge in [-0.25, -0.2) is 4.39 Å². The lowest BCUT2D eigenvalue weighted by Crippen LogP contribution is -1.87. The van der Waals surface area contributed by atoms with Crippen LogP contribution in [0.15, 0.2) is 5.16 Å². The van der Waals surface area contributed by atoms with E-state index in [2.05, 4.69) is 9.99 Å². The molecule has 0 fully saturated rings. The summed E-state index contributed by atoms with van der Waals surface area (Å²) in [5.74, 6) is 0. The van der Waals surface area contributed by atoms with E-state index in [0.29, 0.717) is 6.21 Å². The van der Waals surface area contributed by atoms with Crippen LogP contribution in [0.5, 0.6) is 0 Å². The van der Waals surface area contributed by atoms with E-state index in [1.807, 2.05) is 0 Å². The maximum atomic E-state index is 11.0. The van der Waals surface area contributed by atoms with Gasteiger partial charge < -0.3 is 4.84 Å². The molecule has 0 aromatic heterocycles. The fourth-order valence-corrected chi connectivity index (χ4v) is 0.147. The Kier molecular flexibility index (Phi) is 4.16. The molecule has 3 nitrogen and oxygen atoms in total. The van der Waals surface area contributed by atoms with Gasteiger partial charge in [0.25, 0.3) is 12.1 Å². The van der Waals surface area contributed by atoms with Gasteiger partial charge in [0.1, 0.15) is 6.21 Å². The van der Waals surface area contributed by atoms with Crippen molar-refractivity contribution in [3.8, 4) is 0 Å². The molecule has 0 bridgehead atoms. The molecule has 0 aliphatic carbocycles. The van der Waals surface area contributed by atoms with Gasteiger partial charge in [0.2, 0.25) is 0 Å². The summed E-state index contributed by atoms with van der Waals surface area (Å²) in [5.41, 5.74) is 0. The van der Waals surface area contributed by atoms with Gasteiger partial charge in [-0.15, -0.1) is 0 Å². The summed E-state index contributed by atoms with van der Waals surface area (Å²) in [7, 11) is 0. The van der Waals surface area contributed by atoms with E-state index in [1.165, 1.54) is 0 Å². The molecule has 8 heavy (non-hydrogen) atoms. The van der Waals surface area contributed by atoms with Crippen LogP contribution in [0.1, 0.15) is 0 Å². The molecule has 5 heteroatoms. The van der Waals surface area contributed by atoms with Crippen LogP contribution in [0.25, 0.3) is 0 Å². The van der Waals surface area contributed by atoms with E-state index in [9.17, 15) is 9.18 Å². The first-order valence-electron chi connectivity index (χ1n) is 1.68. The Morgan fingerprint density at radius 3 is 3.00 bits per heavy atom. The van der Waals surface area contributed by atoms with Crippen molar-refractivity contribution in [2.24, 2.45) is 5.16 Å². The van der Waals surface area contributed by atoms with Gasteiger partial charge in [-0.2, -0.15) is 0 Å². The van der Waals surface area contributed by atoms with Crippen molar-refractivity contribution in [1.82, 2.24) is 0 Å². The third kappa shape index (κ3) is 5.36. The summed E-state index contributed by atoms with van der Waals surface area (Å²) < 4.78 is 11.0. The van der Waals surface area contributed by atoms with Gasteiger partial charge in [0, 0.05) is 0 Å². The number of oxime groups is 1. The van der Waals surface area contributed by atoms with E-state index in [-0.39, 0.29) is 0 Å². The largest absolute Gasteiger partial charge is 0.362 e. The Balaban J connectivity index is 3.20. The van der Waals surface area contributed by atoms with Crippen LogP contribution < -0.4 is 0 Å². The molecule has 0 saturated heterocycles. The van der Waals surface area contributed by atoms with Crippen LogP contribution in [0.3, 0.4) is 0 Å². The monoisotopic (exact) mass is 139 g/mol. The standard InChI is InChI=1S/C3H3ClFNO2/c4-3(7)1-6-8-2-5/h1H,2H2/b6-1+. The molecule has 0 saturated carbocycles. The minimum absolute atomic E-state index is 0.668. The van der Waals surface area contributed by atoms with E-state index in [0.717, 1.165) is 0 Å². The van der Waals surface area contributed by atoms with Crippen molar-refractivity contribution in [2.75, 3.05) is 6.86 Å². The first-order valence-corrected chi connectivity index (χ1v) is 2.06. The van der Waals surface area contributed by atoms with Crippen molar-refractivity contribution < 1.29 is 14.0 Å². The second-order valence-corrected chi connectivity index (χ2v) is 1.15. The van der Waals surface area contributed by atoms with Gasteiger partial charge in [-0.1, -0.05) is 5.16 Å². The van der Waals surface area contributed by atoms with Crippen LogP contribution in [-0.4, -0.2) is 18.3 Å². The van der Waals surface area contributed by atoms with Crippen LogP contribution >= 0.6 is 11.6 Å². The summed E-state index contributed by atoms with van der Waals surface area (Å²) in [6.45, 7) is -1.05. The maximum absolute atomic E-state index is 11.0. The van der Waals surface area contributed by atoms with Crippen molar-refractivity contribution in [3.63, 3.8) is 0 Å². The van der Waals surface area contributed by atoms with Crippen molar-refractivity contribution in [2.45, 2.75) is 0 Å². The van der Waals surface area contributed by atoms with Gasteiger partial charge in [-0.05, 0) is 11.6 Å². The number of carbonyl (C=O) groups is 1. The Bertz CT molecular complexity index is 105. The Labute approximate surface area is 50.1 Å². The Morgan fingerprint density at radius 1 is 2.00 bits per heavy atom. The zero-order valence-corrected chi connectivity index (χ0v) is 4.56. The third-order valence-electron chi connectivity index (χ3n) is 0.278. The van der Waals surface area contributed by atoms with E-state index < -0.39 is 12.1 Å². The zero-order chi connectivity index (χ0) is 6.41. The fraction of sp³-hybridized carbons (Fsp3) is 0.333. The van der Waals surface area contributed by atoms with Gasteiger partial charge in [0.15, 0.2) is 0 Å². The summed E-state index contributed by atoms with van der Waals surface area (Å²) in [5, 5.41) is 2.01.